The Hall–Kier alpha value is -0.350. The molecule has 1 amide bonds. The standard InChI is InChI=1S/C8H10BrNOS/c1-2-7(11)10-5-6-3-4-12-8(6)9/h3-4H,2,5H2,1H3,(H,10,11). The second kappa shape index (κ2) is 4.62. The second-order valence-electron chi connectivity index (χ2n) is 2.35. The highest BCUT2D eigenvalue weighted by molar-refractivity contribution is 9.11. The highest BCUT2D eigenvalue weighted by atomic mass is 79.9. The first-order chi connectivity index (χ1) is 5.74. The molecule has 4 heteroatoms. The van der Waals surface area contributed by atoms with Crippen LogP contribution in [0.2, 0.25) is 0 Å². The van der Waals surface area contributed by atoms with Gasteiger partial charge >= 0.3 is 0 Å². The van der Waals surface area contributed by atoms with Crippen LogP contribution < -0.4 is 5.32 Å². The number of nitrogens with one attached hydrogen (secondary N) is 1. The lowest BCUT2D eigenvalue weighted by Gasteiger charge is -2.01. The van der Waals surface area contributed by atoms with E-state index in [2.05, 4.69) is 21.2 Å². The molecule has 2 nitrogen and oxygen atoms in total. The minimum absolute atomic E-state index is 0.0908. The molecule has 1 heterocycles. The van der Waals surface area contributed by atoms with Crippen molar-refractivity contribution in [2.24, 2.45) is 0 Å². The Morgan fingerprint density at radius 1 is 1.75 bits per heavy atom. The summed E-state index contributed by atoms with van der Waals surface area (Å²) in [5.41, 5.74) is 1.14. The van der Waals surface area contributed by atoms with Crippen LogP contribution in [0.4, 0.5) is 0 Å². The van der Waals surface area contributed by atoms with Crippen molar-refractivity contribution in [3.05, 3.63) is 20.8 Å². The molecular weight excluding hydrogens is 238 g/mol. The molecule has 0 spiro atoms. The Kier molecular flexibility index (Phi) is 3.75. The molecule has 0 aliphatic heterocycles. The summed E-state index contributed by atoms with van der Waals surface area (Å²) >= 11 is 5.03. The van der Waals surface area contributed by atoms with E-state index < -0.39 is 0 Å². The molecule has 66 valence electrons. The number of hydrogen-bond acceptors (Lipinski definition) is 2. The molecule has 0 unspecified atom stereocenters. The number of carbonyl (C=O) groups excluding carboxylic acids is 1. The van der Waals surface area contributed by atoms with E-state index in [9.17, 15) is 4.79 Å². The monoisotopic (exact) mass is 247 g/mol. The van der Waals surface area contributed by atoms with Crippen molar-refractivity contribution >= 4 is 33.2 Å². The zero-order valence-electron chi connectivity index (χ0n) is 6.76. The van der Waals surface area contributed by atoms with E-state index in [1.54, 1.807) is 11.3 Å². The van der Waals surface area contributed by atoms with Gasteiger partial charge in [0, 0.05) is 13.0 Å². The van der Waals surface area contributed by atoms with Crippen LogP contribution in [-0.4, -0.2) is 5.91 Å². The van der Waals surface area contributed by atoms with E-state index in [1.165, 1.54) is 0 Å². The molecule has 0 aliphatic rings. The molecule has 12 heavy (non-hydrogen) atoms. The van der Waals surface area contributed by atoms with Crippen molar-refractivity contribution < 1.29 is 4.79 Å². The van der Waals surface area contributed by atoms with Crippen molar-refractivity contribution in [3.63, 3.8) is 0 Å². The largest absolute Gasteiger partial charge is 0.352 e. The Morgan fingerprint density at radius 2 is 2.50 bits per heavy atom. The van der Waals surface area contributed by atoms with E-state index in [0.29, 0.717) is 13.0 Å². The van der Waals surface area contributed by atoms with Crippen molar-refractivity contribution in [2.75, 3.05) is 0 Å². The number of hydrogen-bond donors (Lipinski definition) is 1. The van der Waals surface area contributed by atoms with Crippen LogP contribution in [0, 0.1) is 0 Å². The van der Waals surface area contributed by atoms with Crippen LogP contribution >= 0.6 is 27.3 Å². The van der Waals surface area contributed by atoms with E-state index in [4.69, 9.17) is 0 Å². The Morgan fingerprint density at radius 3 is 3.00 bits per heavy atom. The van der Waals surface area contributed by atoms with Gasteiger partial charge in [-0.3, -0.25) is 4.79 Å². The predicted molar refractivity (Wildman–Crippen MR) is 54.2 cm³/mol. The molecule has 0 saturated heterocycles. The lowest BCUT2D eigenvalue weighted by Crippen LogP contribution is -2.21. The molecule has 0 atom stereocenters. The quantitative estimate of drug-likeness (QED) is 0.874. The van der Waals surface area contributed by atoms with E-state index in [0.717, 1.165) is 9.35 Å². The molecule has 0 saturated carbocycles. The lowest BCUT2D eigenvalue weighted by atomic mass is 10.3. The highest BCUT2D eigenvalue weighted by Crippen LogP contribution is 2.22. The SMILES string of the molecule is CCC(=O)NCc1ccsc1Br. The van der Waals surface area contributed by atoms with Gasteiger partial charge in [-0.15, -0.1) is 11.3 Å². The zero-order valence-corrected chi connectivity index (χ0v) is 9.17. The molecular formula is C8H10BrNOS. The minimum atomic E-state index is 0.0908. The maximum Gasteiger partial charge on any atom is 0.219 e. The van der Waals surface area contributed by atoms with Crippen molar-refractivity contribution in [1.29, 1.82) is 0 Å². The maximum atomic E-state index is 10.9. The molecule has 1 rings (SSSR count). The smallest absolute Gasteiger partial charge is 0.219 e. The molecule has 0 bridgehead atoms. The van der Waals surface area contributed by atoms with E-state index in [1.807, 2.05) is 18.4 Å². The Balaban J connectivity index is 2.43. The van der Waals surface area contributed by atoms with Crippen LogP contribution in [-0.2, 0) is 11.3 Å². The summed E-state index contributed by atoms with van der Waals surface area (Å²) in [7, 11) is 0. The van der Waals surface area contributed by atoms with Gasteiger partial charge < -0.3 is 5.32 Å². The average molecular weight is 248 g/mol. The van der Waals surface area contributed by atoms with Crippen molar-refractivity contribution in [2.45, 2.75) is 19.9 Å². The third kappa shape index (κ3) is 2.60. The summed E-state index contributed by atoms with van der Waals surface area (Å²) in [6, 6.07) is 2.00. The molecule has 0 aliphatic carbocycles. The topological polar surface area (TPSA) is 29.1 Å². The first kappa shape index (κ1) is 9.74. The fourth-order valence-corrected chi connectivity index (χ4v) is 2.00. The lowest BCUT2D eigenvalue weighted by molar-refractivity contribution is -0.120. The minimum Gasteiger partial charge on any atom is -0.352 e. The summed E-state index contributed by atoms with van der Waals surface area (Å²) in [5.74, 6) is 0.0908. The summed E-state index contributed by atoms with van der Waals surface area (Å²) in [6.07, 6.45) is 0.543. The van der Waals surface area contributed by atoms with Gasteiger partial charge in [0.05, 0.1) is 3.79 Å². The number of carbonyl (C=O) groups is 1. The number of amides is 1. The maximum absolute atomic E-state index is 10.9. The average Bonchev–Trinajstić information content (AvgIpc) is 2.47. The number of halogens is 1. The second-order valence-corrected chi connectivity index (χ2v) is 4.58. The highest BCUT2D eigenvalue weighted by Gasteiger charge is 2.01. The number of thiophene rings is 1. The van der Waals surface area contributed by atoms with Gasteiger partial charge in [-0.2, -0.15) is 0 Å². The van der Waals surface area contributed by atoms with Gasteiger partial charge in [-0.1, -0.05) is 6.92 Å². The van der Waals surface area contributed by atoms with Crippen LogP contribution in [0.5, 0.6) is 0 Å². The van der Waals surface area contributed by atoms with Crippen LogP contribution in [0.3, 0.4) is 0 Å². The Bertz CT molecular complexity index is 272. The van der Waals surface area contributed by atoms with Gasteiger partial charge in [0.25, 0.3) is 0 Å². The van der Waals surface area contributed by atoms with E-state index >= 15 is 0 Å². The molecule has 0 radical (unpaired) electrons. The van der Waals surface area contributed by atoms with Gasteiger partial charge in [0.2, 0.25) is 5.91 Å². The summed E-state index contributed by atoms with van der Waals surface area (Å²) in [5, 5.41) is 4.81. The first-order valence-electron chi connectivity index (χ1n) is 3.72. The van der Waals surface area contributed by atoms with Crippen molar-refractivity contribution in [3.8, 4) is 0 Å². The van der Waals surface area contributed by atoms with Crippen molar-refractivity contribution in [1.82, 2.24) is 5.32 Å². The van der Waals surface area contributed by atoms with Gasteiger partial charge in [0.1, 0.15) is 0 Å². The number of rotatable bonds is 3. The van der Waals surface area contributed by atoms with Crippen LogP contribution in [0.15, 0.2) is 15.2 Å². The molecule has 1 N–H and O–H groups in total. The Labute approximate surface area is 84.1 Å². The third-order valence-electron chi connectivity index (χ3n) is 1.49. The summed E-state index contributed by atoms with van der Waals surface area (Å²) in [6.45, 7) is 2.47. The molecule has 0 aromatic carbocycles. The fraction of sp³-hybridized carbons (Fsp3) is 0.375. The summed E-state index contributed by atoms with van der Waals surface area (Å²) < 4.78 is 1.10. The normalized spacial score (nSPS) is 9.83. The van der Waals surface area contributed by atoms with E-state index in [-0.39, 0.29) is 5.91 Å². The molecule has 1 aromatic heterocycles. The first-order valence-corrected chi connectivity index (χ1v) is 5.40. The van der Waals surface area contributed by atoms with Gasteiger partial charge in [0.15, 0.2) is 0 Å². The predicted octanol–water partition coefficient (Wildman–Crippen LogP) is 2.54. The summed E-state index contributed by atoms with van der Waals surface area (Å²) in [4.78, 5) is 10.9. The molecule has 1 aromatic rings. The zero-order chi connectivity index (χ0) is 8.97. The van der Waals surface area contributed by atoms with Crippen LogP contribution in [0.1, 0.15) is 18.9 Å². The van der Waals surface area contributed by atoms with Crippen LogP contribution in [0.25, 0.3) is 0 Å². The third-order valence-corrected chi connectivity index (χ3v) is 3.30. The molecule has 0 fully saturated rings. The van der Waals surface area contributed by atoms with Gasteiger partial charge in [-0.25, -0.2) is 0 Å². The van der Waals surface area contributed by atoms with Gasteiger partial charge in [-0.05, 0) is 32.9 Å². The fourth-order valence-electron chi connectivity index (χ4n) is 0.764.